The van der Waals surface area contributed by atoms with Gasteiger partial charge in [0.1, 0.15) is 0 Å². The zero-order valence-electron chi connectivity index (χ0n) is 12.6. The van der Waals surface area contributed by atoms with Crippen LogP contribution in [0.1, 0.15) is 27.9 Å². The lowest BCUT2D eigenvalue weighted by atomic mass is 10.1. The highest BCUT2D eigenvalue weighted by atomic mass is 16.2. The Morgan fingerprint density at radius 1 is 1.10 bits per heavy atom. The van der Waals surface area contributed by atoms with Gasteiger partial charge in [-0.15, -0.1) is 0 Å². The molecule has 1 aromatic carbocycles. The van der Waals surface area contributed by atoms with Crippen molar-refractivity contribution in [1.82, 2.24) is 9.80 Å². The first-order valence-electron chi connectivity index (χ1n) is 7.40. The van der Waals surface area contributed by atoms with Gasteiger partial charge in [0.25, 0.3) is 5.91 Å². The molecule has 1 aromatic rings. The standard InChI is InChI=1S/C16H25N3O/c1-13-10-14(2)12-15(11-13)16(20)19-8-6-18(7-9-19)5-3-4-17/h10-12H,3-9,17H2,1-2H3. The highest BCUT2D eigenvalue weighted by molar-refractivity contribution is 5.94. The third-order valence-electron chi connectivity index (χ3n) is 3.81. The number of rotatable bonds is 4. The van der Waals surface area contributed by atoms with Crippen molar-refractivity contribution in [2.24, 2.45) is 5.73 Å². The number of carbonyl (C=O) groups is 1. The molecule has 0 aliphatic carbocycles. The second-order valence-electron chi connectivity index (χ2n) is 5.65. The fraction of sp³-hybridized carbons (Fsp3) is 0.562. The molecule has 4 heteroatoms. The van der Waals surface area contributed by atoms with Gasteiger partial charge in [-0.3, -0.25) is 9.69 Å². The van der Waals surface area contributed by atoms with E-state index in [0.29, 0.717) is 0 Å². The number of benzene rings is 1. The molecule has 1 aliphatic heterocycles. The summed E-state index contributed by atoms with van der Waals surface area (Å²) in [6.07, 6.45) is 1.03. The average molecular weight is 275 g/mol. The van der Waals surface area contributed by atoms with E-state index in [0.717, 1.165) is 62.4 Å². The summed E-state index contributed by atoms with van der Waals surface area (Å²) in [5.74, 6) is 0.162. The van der Waals surface area contributed by atoms with E-state index in [1.54, 1.807) is 0 Å². The first-order valence-corrected chi connectivity index (χ1v) is 7.40. The summed E-state index contributed by atoms with van der Waals surface area (Å²) in [5, 5.41) is 0. The molecule has 20 heavy (non-hydrogen) atoms. The predicted octanol–water partition coefficient (Wildman–Crippen LogP) is 1.41. The van der Waals surface area contributed by atoms with Gasteiger partial charge in [-0.2, -0.15) is 0 Å². The Balaban J connectivity index is 1.94. The molecule has 1 amide bonds. The van der Waals surface area contributed by atoms with E-state index in [-0.39, 0.29) is 5.91 Å². The molecular weight excluding hydrogens is 250 g/mol. The Morgan fingerprint density at radius 2 is 1.70 bits per heavy atom. The number of piperazine rings is 1. The van der Waals surface area contributed by atoms with Gasteiger partial charge in [0.15, 0.2) is 0 Å². The topological polar surface area (TPSA) is 49.6 Å². The summed E-state index contributed by atoms with van der Waals surface area (Å²) in [5.41, 5.74) is 8.65. The summed E-state index contributed by atoms with van der Waals surface area (Å²) in [6, 6.07) is 6.06. The quantitative estimate of drug-likeness (QED) is 0.904. The lowest BCUT2D eigenvalue weighted by molar-refractivity contribution is 0.0636. The number of nitrogens with two attached hydrogens (primary N) is 1. The summed E-state index contributed by atoms with van der Waals surface area (Å²) >= 11 is 0. The van der Waals surface area contributed by atoms with Crippen LogP contribution in [0.2, 0.25) is 0 Å². The van der Waals surface area contributed by atoms with Crippen LogP contribution in [0.5, 0.6) is 0 Å². The zero-order chi connectivity index (χ0) is 14.5. The molecule has 4 nitrogen and oxygen atoms in total. The van der Waals surface area contributed by atoms with Gasteiger partial charge < -0.3 is 10.6 Å². The van der Waals surface area contributed by atoms with Crippen molar-refractivity contribution in [3.63, 3.8) is 0 Å². The minimum absolute atomic E-state index is 0.162. The van der Waals surface area contributed by atoms with E-state index in [1.807, 2.05) is 30.9 Å². The molecule has 110 valence electrons. The normalized spacial score (nSPS) is 16.4. The van der Waals surface area contributed by atoms with Gasteiger partial charge in [0, 0.05) is 31.7 Å². The number of aryl methyl sites for hydroxylation is 2. The summed E-state index contributed by atoms with van der Waals surface area (Å²) in [4.78, 5) is 16.9. The molecule has 1 heterocycles. The lowest BCUT2D eigenvalue weighted by Crippen LogP contribution is -2.49. The number of hydrogen-bond donors (Lipinski definition) is 1. The molecule has 0 saturated carbocycles. The van der Waals surface area contributed by atoms with Crippen molar-refractivity contribution >= 4 is 5.91 Å². The highest BCUT2D eigenvalue weighted by Gasteiger charge is 2.21. The Labute approximate surface area is 121 Å². The molecule has 0 unspecified atom stereocenters. The third kappa shape index (κ3) is 3.81. The molecule has 0 spiro atoms. The van der Waals surface area contributed by atoms with Gasteiger partial charge in [-0.05, 0) is 45.5 Å². The number of carbonyl (C=O) groups excluding carboxylic acids is 1. The van der Waals surface area contributed by atoms with E-state index in [2.05, 4.69) is 11.0 Å². The van der Waals surface area contributed by atoms with E-state index in [4.69, 9.17) is 5.73 Å². The maximum Gasteiger partial charge on any atom is 0.253 e. The van der Waals surface area contributed by atoms with Crippen LogP contribution in [0, 0.1) is 13.8 Å². The third-order valence-corrected chi connectivity index (χ3v) is 3.81. The SMILES string of the molecule is Cc1cc(C)cc(C(=O)N2CCN(CCCN)CC2)c1. The van der Waals surface area contributed by atoms with E-state index in [9.17, 15) is 4.79 Å². The smallest absolute Gasteiger partial charge is 0.253 e. The molecule has 1 saturated heterocycles. The Hall–Kier alpha value is -1.39. The molecule has 0 bridgehead atoms. The number of hydrogen-bond acceptors (Lipinski definition) is 3. The fourth-order valence-electron chi connectivity index (χ4n) is 2.77. The van der Waals surface area contributed by atoms with Gasteiger partial charge in [0.2, 0.25) is 0 Å². The van der Waals surface area contributed by atoms with Gasteiger partial charge in [-0.25, -0.2) is 0 Å². The molecule has 0 atom stereocenters. The zero-order valence-corrected chi connectivity index (χ0v) is 12.6. The highest BCUT2D eigenvalue weighted by Crippen LogP contribution is 2.13. The summed E-state index contributed by atoms with van der Waals surface area (Å²) < 4.78 is 0. The molecule has 2 rings (SSSR count). The molecule has 0 radical (unpaired) electrons. The second kappa shape index (κ2) is 6.86. The first kappa shape index (κ1) is 15.0. The Kier molecular flexibility index (Phi) is 5.15. The summed E-state index contributed by atoms with van der Waals surface area (Å²) in [6.45, 7) is 9.40. The van der Waals surface area contributed by atoms with Crippen molar-refractivity contribution in [1.29, 1.82) is 0 Å². The lowest BCUT2D eigenvalue weighted by Gasteiger charge is -2.34. The van der Waals surface area contributed by atoms with Gasteiger partial charge in [-0.1, -0.05) is 17.2 Å². The Morgan fingerprint density at radius 3 is 2.25 bits per heavy atom. The molecule has 0 aromatic heterocycles. The van der Waals surface area contributed by atoms with E-state index >= 15 is 0 Å². The van der Waals surface area contributed by atoms with Crippen LogP contribution in [0.4, 0.5) is 0 Å². The largest absolute Gasteiger partial charge is 0.336 e. The number of amides is 1. The van der Waals surface area contributed by atoms with Crippen LogP contribution in [-0.2, 0) is 0 Å². The van der Waals surface area contributed by atoms with Crippen LogP contribution >= 0.6 is 0 Å². The summed E-state index contributed by atoms with van der Waals surface area (Å²) in [7, 11) is 0. The van der Waals surface area contributed by atoms with Crippen LogP contribution in [-0.4, -0.2) is 55.0 Å². The predicted molar refractivity (Wildman–Crippen MR) is 81.9 cm³/mol. The number of nitrogens with zero attached hydrogens (tertiary/aromatic N) is 2. The molecule has 2 N–H and O–H groups in total. The molecular formula is C16H25N3O. The average Bonchev–Trinajstić information content (AvgIpc) is 2.44. The fourth-order valence-corrected chi connectivity index (χ4v) is 2.77. The first-order chi connectivity index (χ1) is 9.60. The molecule has 1 fully saturated rings. The van der Waals surface area contributed by atoms with Crippen molar-refractivity contribution in [3.8, 4) is 0 Å². The minimum atomic E-state index is 0.162. The van der Waals surface area contributed by atoms with E-state index in [1.165, 1.54) is 0 Å². The van der Waals surface area contributed by atoms with Crippen LogP contribution in [0.15, 0.2) is 18.2 Å². The monoisotopic (exact) mass is 275 g/mol. The van der Waals surface area contributed by atoms with Crippen molar-refractivity contribution < 1.29 is 4.79 Å². The van der Waals surface area contributed by atoms with Crippen molar-refractivity contribution in [2.45, 2.75) is 20.3 Å². The van der Waals surface area contributed by atoms with Gasteiger partial charge >= 0.3 is 0 Å². The van der Waals surface area contributed by atoms with Crippen LogP contribution in [0.25, 0.3) is 0 Å². The maximum atomic E-state index is 12.5. The van der Waals surface area contributed by atoms with Crippen LogP contribution < -0.4 is 5.73 Å². The van der Waals surface area contributed by atoms with Gasteiger partial charge in [0.05, 0.1) is 0 Å². The van der Waals surface area contributed by atoms with Crippen LogP contribution in [0.3, 0.4) is 0 Å². The van der Waals surface area contributed by atoms with E-state index < -0.39 is 0 Å². The van der Waals surface area contributed by atoms with Crippen molar-refractivity contribution in [2.75, 3.05) is 39.3 Å². The second-order valence-corrected chi connectivity index (χ2v) is 5.65. The van der Waals surface area contributed by atoms with Crippen molar-refractivity contribution in [3.05, 3.63) is 34.9 Å². The maximum absolute atomic E-state index is 12.5. The minimum Gasteiger partial charge on any atom is -0.336 e. The molecule has 1 aliphatic rings. The Bertz CT molecular complexity index is 445.